The first-order valence-electron chi connectivity index (χ1n) is 26.3. The molecule has 5 nitrogen and oxygen atoms in total. The Kier molecular flexibility index (Phi) is 12.7. The number of rotatable bonds is 14. The van der Waals surface area contributed by atoms with Gasteiger partial charge in [0.2, 0.25) is 0 Å². The molecule has 0 saturated heterocycles. The van der Waals surface area contributed by atoms with Gasteiger partial charge in [0.1, 0.15) is 5.82 Å². The third-order valence-electron chi connectivity index (χ3n) is 12.3. The number of anilines is 4. The molecule has 3 heterocycles. The predicted octanol–water partition coefficient (Wildman–Crippen LogP) is 17.0. The Labute approximate surface area is 418 Å². The molecule has 0 saturated carbocycles. The van der Waals surface area contributed by atoms with Gasteiger partial charge in [-0.1, -0.05) is 145 Å². The number of pyridine rings is 1. The fourth-order valence-corrected chi connectivity index (χ4v) is 8.68. The molecule has 0 spiro atoms. The number of ether oxygens (including phenoxy) is 1. The molecule has 0 fully saturated rings. The largest absolute Gasteiger partial charge is 0.509 e. The van der Waals surface area contributed by atoms with E-state index in [9.17, 15) is 6.85 Å². The van der Waals surface area contributed by atoms with Gasteiger partial charge >= 0.3 is 0 Å². The van der Waals surface area contributed by atoms with E-state index < -0.39 is 17.2 Å². The van der Waals surface area contributed by atoms with Gasteiger partial charge in [0.25, 0.3) is 0 Å². The Balaban J connectivity index is 0.00000741. The van der Waals surface area contributed by atoms with E-state index in [4.69, 9.17) is 9.72 Å². The summed E-state index contributed by atoms with van der Waals surface area (Å²) in [5.41, 5.74) is 7.46. The number of fused-ring (bicyclic) bond motifs is 4. The minimum absolute atomic E-state index is 0. The summed E-state index contributed by atoms with van der Waals surface area (Å²) in [7, 11) is 0. The van der Waals surface area contributed by atoms with Crippen molar-refractivity contribution in [2.75, 3.05) is 9.80 Å². The van der Waals surface area contributed by atoms with Crippen molar-refractivity contribution in [3.05, 3.63) is 150 Å². The molecule has 66 heavy (non-hydrogen) atoms. The molecule has 5 aromatic carbocycles. The van der Waals surface area contributed by atoms with Crippen LogP contribution in [0, 0.1) is 24.7 Å². The zero-order valence-corrected chi connectivity index (χ0v) is 43.5. The van der Waals surface area contributed by atoms with E-state index in [1.54, 1.807) is 0 Å². The van der Waals surface area contributed by atoms with Gasteiger partial charge in [0.15, 0.2) is 0 Å². The van der Waals surface area contributed by atoms with Crippen LogP contribution in [0.1, 0.15) is 156 Å². The summed E-state index contributed by atoms with van der Waals surface area (Å²) in [4.78, 5) is 8.88. The molecule has 0 aliphatic carbocycles. The topological polar surface area (TPSA) is 33.5 Å². The molecular formula is C60H71N4OPt-3. The van der Waals surface area contributed by atoms with Crippen molar-refractivity contribution in [1.82, 2.24) is 9.55 Å². The second-order valence-corrected chi connectivity index (χ2v) is 21.2. The fourth-order valence-electron chi connectivity index (χ4n) is 8.68. The number of hydrogen-bond acceptors (Lipinski definition) is 4. The number of hydrogen-bond donors (Lipinski definition) is 0. The summed E-state index contributed by atoms with van der Waals surface area (Å²) >= 11 is 0. The Hall–Kier alpha value is -4.86. The van der Waals surface area contributed by atoms with E-state index >= 15 is 0 Å². The molecule has 0 bridgehead atoms. The zero-order chi connectivity index (χ0) is 50.7. The number of benzene rings is 5. The fraction of sp³-hybridized carbons (Fsp3) is 0.400. The Bertz CT molecular complexity index is 3030. The minimum Gasteiger partial charge on any atom is -0.509 e. The number of aromatic nitrogens is 2. The first-order chi connectivity index (χ1) is 32.9. The van der Waals surface area contributed by atoms with Crippen molar-refractivity contribution < 1.29 is 32.7 Å². The second-order valence-electron chi connectivity index (χ2n) is 21.2. The quantitative estimate of drug-likeness (QED) is 0.0803. The summed E-state index contributed by atoms with van der Waals surface area (Å²) in [6.45, 7) is 26.9. The maximum absolute atomic E-state index is 9.67. The molecule has 0 N–H and O–H groups in total. The van der Waals surface area contributed by atoms with Gasteiger partial charge in [0, 0.05) is 64.1 Å². The Morgan fingerprint density at radius 1 is 0.712 bits per heavy atom. The molecule has 0 radical (unpaired) electrons. The maximum atomic E-state index is 9.67. The van der Waals surface area contributed by atoms with Crippen LogP contribution in [0.4, 0.5) is 22.7 Å². The average molecular weight is 1060 g/mol. The summed E-state index contributed by atoms with van der Waals surface area (Å²) in [5.74, 6) is 1.41. The summed E-state index contributed by atoms with van der Waals surface area (Å²) in [5, 5.41) is 1.78. The zero-order valence-electron chi connectivity index (χ0n) is 46.2. The van der Waals surface area contributed by atoms with Crippen molar-refractivity contribution in [2.45, 2.75) is 151 Å². The van der Waals surface area contributed by atoms with Crippen LogP contribution >= 0.6 is 0 Å². The van der Waals surface area contributed by atoms with Gasteiger partial charge < -0.3 is 19.1 Å². The third-order valence-corrected chi connectivity index (χ3v) is 12.3. The third kappa shape index (κ3) is 10.5. The first kappa shape index (κ1) is 42.5. The number of nitrogens with zero attached hydrogens (tertiary/aromatic N) is 4. The Morgan fingerprint density at radius 2 is 1.36 bits per heavy atom. The van der Waals surface area contributed by atoms with E-state index in [0.29, 0.717) is 34.0 Å². The Morgan fingerprint density at radius 3 is 2.03 bits per heavy atom. The molecule has 8 rings (SSSR count). The van der Waals surface area contributed by atoms with Crippen LogP contribution in [0.2, 0.25) is 0 Å². The summed E-state index contributed by atoms with van der Waals surface area (Å²) in [6.07, 6.45) is 8.06. The molecule has 1 aliphatic heterocycles. The van der Waals surface area contributed by atoms with Crippen molar-refractivity contribution in [3.63, 3.8) is 0 Å². The molecule has 2 aromatic heterocycles. The number of unbranched alkanes of at least 4 members (excludes halogenated alkanes) is 5. The monoisotopic (exact) mass is 1060 g/mol. The molecule has 0 unspecified atom stereocenters. The maximum Gasteiger partial charge on any atom is 0.135 e. The molecule has 7 aromatic rings. The van der Waals surface area contributed by atoms with Crippen molar-refractivity contribution in [2.24, 2.45) is 5.92 Å². The van der Waals surface area contributed by atoms with E-state index in [2.05, 4.69) is 68.7 Å². The van der Waals surface area contributed by atoms with E-state index in [1.165, 1.54) is 25.7 Å². The first-order valence-corrected chi connectivity index (χ1v) is 23.8. The predicted molar refractivity (Wildman–Crippen MR) is 276 cm³/mol. The second kappa shape index (κ2) is 19.8. The smallest absolute Gasteiger partial charge is 0.135 e. The van der Waals surface area contributed by atoms with E-state index in [-0.39, 0.29) is 50.5 Å². The van der Waals surface area contributed by atoms with Crippen LogP contribution < -0.4 is 14.5 Å². The van der Waals surface area contributed by atoms with Crippen LogP contribution in [-0.2, 0) is 50.1 Å². The molecule has 350 valence electrons. The summed E-state index contributed by atoms with van der Waals surface area (Å²) < 4.78 is 56.6. The van der Waals surface area contributed by atoms with Gasteiger partial charge in [-0.15, -0.1) is 48.1 Å². The van der Waals surface area contributed by atoms with Crippen LogP contribution in [0.15, 0.2) is 103 Å². The standard InChI is InChI=1S/C60H71N4O.Pt/c1-13-14-15-16-17-18-22-42-27-30-54-57(51(42)33-41(2)3)50-29-28-49(39-55(50)64(54)56-37-43(31-32-61-56)58(4,5)6)65-48-24-21-23-46(38-48)62-40-63(53-26-20-19-25-52(53)62)47-35-44(59(7,8)9)34-45(36-47)60(10,11)12;/h19-21,23-32,34-37,40-41H,13-18,22,33H2,1-12H3;/q-3;/i33D2,34D,35D,36D;. The van der Waals surface area contributed by atoms with E-state index in [0.717, 1.165) is 75.0 Å². The SMILES string of the molecule is [2H]c1c(N2[CH-]N(c3[c-]c(Oc4[c-]c5c(cc4)c4c(C([2H])([2H])C(C)C)c(CCCCCCCC)ccc4n5-c4cc(C(C)(C)C)ccn4)ccc3)c3ccccc32)c([2H])c(C(C)(C)C)c([2H])c1C(C)(C)C.[Pt]. The van der Waals surface area contributed by atoms with Gasteiger partial charge in [-0.3, -0.25) is 0 Å². The molecule has 6 heteroatoms. The van der Waals surface area contributed by atoms with E-state index in [1.807, 2.05) is 133 Å². The van der Waals surface area contributed by atoms with Gasteiger partial charge in [-0.25, -0.2) is 4.98 Å². The average Bonchev–Trinajstić information content (AvgIpc) is 3.82. The van der Waals surface area contributed by atoms with Gasteiger partial charge in [-0.05, 0) is 117 Å². The van der Waals surface area contributed by atoms with Crippen molar-refractivity contribution in [3.8, 4) is 17.3 Å². The molecule has 1 aliphatic rings. The van der Waals surface area contributed by atoms with Crippen molar-refractivity contribution in [1.29, 1.82) is 0 Å². The van der Waals surface area contributed by atoms with Crippen molar-refractivity contribution >= 4 is 44.6 Å². The molecule has 0 atom stereocenters. The van der Waals surface area contributed by atoms with Crippen LogP contribution in [0.25, 0.3) is 27.6 Å². The number of aryl methyl sites for hydroxylation is 1. The van der Waals surface area contributed by atoms with Gasteiger partial charge in [-0.2, -0.15) is 12.1 Å². The minimum atomic E-state index is -1.61. The number of para-hydroxylation sites is 2. The molecular weight excluding hydrogens is 988 g/mol. The van der Waals surface area contributed by atoms with Crippen LogP contribution in [0.3, 0.4) is 0 Å². The normalized spacial score (nSPS) is 14.5. The van der Waals surface area contributed by atoms with Crippen LogP contribution in [-0.4, -0.2) is 9.55 Å². The molecule has 0 amide bonds. The van der Waals surface area contributed by atoms with Gasteiger partial charge in [0.05, 0.1) is 4.11 Å². The summed E-state index contributed by atoms with van der Waals surface area (Å²) in [6, 6.07) is 34.0. The van der Waals surface area contributed by atoms with Crippen LogP contribution in [0.5, 0.6) is 11.5 Å².